The fourth-order valence-corrected chi connectivity index (χ4v) is 3.94. The molecule has 4 aromatic carbocycles. The number of unbranched alkanes of at least 4 members (excludes halogenated alkanes) is 1. The summed E-state index contributed by atoms with van der Waals surface area (Å²) >= 11 is 0. The zero-order chi connectivity index (χ0) is 20.9. The minimum atomic E-state index is 0.621. The molecule has 4 aromatic rings. The monoisotopic (exact) mass is 385 g/mol. The Morgan fingerprint density at radius 1 is 0.800 bits per heavy atom. The third-order valence-electron chi connectivity index (χ3n) is 5.48. The summed E-state index contributed by atoms with van der Waals surface area (Å²) in [4.78, 5) is 0. The summed E-state index contributed by atoms with van der Waals surface area (Å²) < 4.78 is 0. The molecule has 1 heteroatoms. The lowest BCUT2D eigenvalue weighted by Gasteiger charge is -2.12. The van der Waals surface area contributed by atoms with Crippen LogP contribution in [-0.4, -0.2) is 0 Å². The van der Waals surface area contributed by atoms with Crippen LogP contribution in [0.3, 0.4) is 0 Å². The first-order chi connectivity index (χ1) is 14.7. The van der Waals surface area contributed by atoms with Crippen molar-refractivity contribution >= 4 is 37.9 Å². The standard InChI is InChI=1S/C29H23N/c1-3-22(20-30)12-6-4-5-11-21(2)23-17-18-28-26-15-8-7-13-24(26)25-14-9-10-16-27(25)29(28)19-23/h3,5,7-19H,1-2,4,6H2/b11-5-,22-12+. The van der Waals surface area contributed by atoms with E-state index >= 15 is 0 Å². The molecule has 0 amide bonds. The molecule has 144 valence electrons. The van der Waals surface area contributed by atoms with Crippen molar-refractivity contribution in [3.05, 3.63) is 115 Å². The van der Waals surface area contributed by atoms with Crippen molar-refractivity contribution in [2.24, 2.45) is 0 Å². The minimum Gasteiger partial charge on any atom is -0.192 e. The van der Waals surface area contributed by atoms with Crippen LogP contribution >= 0.6 is 0 Å². The average molecular weight is 386 g/mol. The van der Waals surface area contributed by atoms with Crippen LogP contribution in [0.15, 0.2) is 110 Å². The van der Waals surface area contributed by atoms with Gasteiger partial charge in [-0.15, -0.1) is 0 Å². The van der Waals surface area contributed by atoms with E-state index in [1.807, 2.05) is 6.08 Å². The van der Waals surface area contributed by atoms with E-state index in [4.69, 9.17) is 5.26 Å². The van der Waals surface area contributed by atoms with Crippen molar-refractivity contribution in [2.45, 2.75) is 12.8 Å². The SMILES string of the molecule is C=C/C(C#N)=C\CC/C=C\C(=C)c1ccc2c3ccccc3c3ccccc3c2c1. The topological polar surface area (TPSA) is 23.8 Å². The van der Waals surface area contributed by atoms with Crippen LogP contribution in [0.2, 0.25) is 0 Å². The van der Waals surface area contributed by atoms with E-state index in [1.165, 1.54) is 32.3 Å². The highest BCUT2D eigenvalue weighted by Crippen LogP contribution is 2.36. The number of rotatable bonds is 6. The van der Waals surface area contributed by atoms with Gasteiger partial charge in [-0.2, -0.15) is 5.26 Å². The highest BCUT2D eigenvalue weighted by Gasteiger charge is 2.08. The van der Waals surface area contributed by atoms with Crippen LogP contribution in [-0.2, 0) is 0 Å². The molecule has 0 aromatic heterocycles. The Balaban J connectivity index is 1.69. The number of hydrogen-bond acceptors (Lipinski definition) is 1. The molecular formula is C29H23N. The highest BCUT2D eigenvalue weighted by atomic mass is 14.2. The van der Waals surface area contributed by atoms with Crippen LogP contribution in [0.5, 0.6) is 0 Å². The molecule has 0 heterocycles. The van der Waals surface area contributed by atoms with Crippen molar-refractivity contribution in [1.82, 2.24) is 0 Å². The second-order valence-electron chi connectivity index (χ2n) is 7.33. The zero-order valence-electron chi connectivity index (χ0n) is 16.9. The second-order valence-corrected chi connectivity index (χ2v) is 7.33. The summed E-state index contributed by atoms with van der Waals surface area (Å²) in [5.41, 5.74) is 2.73. The first kappa shape index (κ1) is 19.4. The van der Waals surface area contributed by atoms with Crippen LogP contribution < -0.4 is 0 Å². The average Bonchev–Trinajstić information content (AvgIpc) is 2.81. The first-order valence-electron chi connectivity index (χ1n) is 10.1. The van der Waals surface area contributed by atoms with Crippen molar-refractivity contribution < 1.29 is 0 Å². The molecule has 0 bridgehead atoms. The van der Waals surface area contributed by atoms with Crippen LogP contribution in [0.4, 0.5) is 0 Å². The van der Waals surface area contributed by atoms with E-state index in [1.54, 1.807) is 6.08 Å². The molecular weight excluding hydrogens is 362 g/mol. The van der Waals surface area contributed by atoms with Crippen LogP contribution in [0, 0.1) is 11.3 Å². The molecule has 0 saturated carbocycles. The summed E-state index contributed by atoms with van der Waals surface area (Å²) in [5, 5.41) is 16.6. The number of benzene rings is 4. The summed E-state index contributed by atoms with van der Waals surface area (Å²) in [7, 11) is 0. The van der Waals surface area contributed by atoms with Gasteiger partial charge in [0.2, 0.25) is 0 Å². The molecule has 0 aliphatic rings. The van der Waals surface area contributed by atoms with Gasteiger partial charge in [-0.3, -0.25) is 0 Å². The molecule has 0 saturated heterocycles. The second kappa shape index (κ2) is 8.64. The number of nitriles is 1. The Morgan fingerprint density at radius 3 is 1.93 bits per heavy atom. The van der Waals surface area contributed by atoms with E-state index in [-0.39, 0.29) is 0 Å². The maximum atomic E-state index is 8.93. The molecule has 0 N–H and O–H groups in total. The van der Waals surface area contributed by atoms with Gasteiger partial charge in [-0.25, -0.2) is 0 Å². The summed E-state index contributed by atoms with van der Waals surface area (Å²) in [5.74, 6) is 0. The van der Waals surface area contributed by atoms with Crippen LogP contribution in [0.25, 0.3) is 37.9 Å². The number of nitrogens with zero attached hydrogens (tertiary/aromatic N) is 1. The lowest BCUT2D eigenvalue weighted by Crippen LogP contribution is -1.86. The van der Waals surface area contributed by atoms with Gasteiger partial charge in [0.25, 0.3) is 0 Å². The fourth-order valence-electron chi connectivity index (χ4n) is 3.94. The zero-order valence-corrected chi connectivity index (χ0v) is 16.9. The molecule has 0 aliphatic carbocycles. The molecule has 4 rings (SSSR count). The largest absolute Gasteiger partial charge is 0.192 e. The van der Waals surface area contributed by atoms with Gasteiger partial charge in [-0.1, -0.05) is 98.1 Å². The Morgan fingerprint density at radius 2 is 1.37 bits per heavy atom. The third kappa shape index (κ3) is 3.69. The van der Waals surface area contributed by atoms with E-state index in [0.29, 0.717) is 5.57 Å². The first-order valence-corrected chi connectivity index (χ1v) is 10.1. The molecule has 0 fully saturated rings. The van der Waals surface area contributed by atoms with Gasteiger partial charge in [-0.05, 0) is 62.4 Å². The maximum absolute atomic E-state index is 8.93. The Labute approximate surface area is 177 Å². The highest BCUT2D eigenvalue weighted by molar-refractivity contribution is 6.25. The Bertz CT molecular complexity index is 1340. The van der Waals surface area contributed by atoms with Gasteiger partial charge in [0.15, 0.2) is 0 Å². The van der Waals surface area contributed by atoms with Gasteiger partial charge < -0.3 is 0 Å². The van der Waals surface area contributed by atoms with E-state index in [9.17, 15) is 0 Å². The molecule has 0 unspecified atom stereocenters. The normalized spacial score (nSPS) is 11.9. The number of allylic oxidation sites excluding steroid dienone is 6. The smallest absolute Gasteiger partial charge is 0.0987 e. The summed E-state index contributed by atoms with van der Waals surface area (Å²) in [6.45, 7) is 7.91. The van der Waals surface area contributed by atoms with Crippen molar-refractivity contribution in [2.75, 3.05) is 0 Å². The molecule has 0 radical (unpaired) electrons. The van der Waals surface area contributed by atoms with Gasteiger partial charge >= 0.3 is 0 Å². The fraction of sp³-hybridized carbons (Fsp3) is 0.0690. The number of fused-ring (bicyclic) bond motifs is 6. The van der Waals surface area contributed by atoms with E-state index in [0.717, 1.165) is 24.0 Å². The molecule has 0 spiro atoms. The van der Waals surface area contributed by atoms with Gasteiger partial charge in [0.05, 0.1) is 6.07 Å². The Kier molecular flexibility index (Phi) is 5.59. The lowest BCUT2D eigenvalue weighted by molar-refractivity contribution is 1.05. The quantitative estimate of drug-likeness (QED) is 0.142. The van der Waals surface area contributed by atoms with E-state index in [2.05, 4.69) is 98.1 Å². The Hall–Kier alpha value is -3.89. The van der Waals surface area contributed by atoms with Crippen molar-refractivity contribution in [3.63, 3.8) is 0 Å². The molecule has 1 nitrogen and oxygen atoms in total. The third-order valence-corrected chi connectivity index (χ3v) is 5.48. The van der Waals surface area contributed by atoms with Crippen molar-refractivity contribution in [1.29, 1.82) is 5.26 Å². The lowest BCUT2D eigenvalue weighted by atomic mass is 9.92. The predicted octanol–water partition coefficient (Wildman–Crippen LogP) is 8.13. The van der Waals surface area contributed by atoms with Crippen LogP contribution in [0.1, 0.15) is 18.4 Å². The van der Waals surface area contributed by atoms with E-state index < -0.39 is 0 Å². The summed E-state index contributed by atoms with van der Waals surface area (Å²) in [6, 6.07) is 25.9. The number of hydrogen-bond donors (Lipinski definition) is 0. The molecule has 0 aliphatic heterocycles. The molecule has 0 atom stereocenters. The predicted molar refractivity (Wildman–Crippen MR) is 130 cm³/mol. The maximum Gasteiger partial charge on any atom is 0.0987 e. The molecule has 30 heavy (non-hydrogen) atoms. The van der Waals surface area contributed by atoms with Gasteiger partial charge in [0, 0.05) is 5.57 Å². The minimum absolute atomic E-state index is 0.621. The summed E-state index contributed by atoms with van der Waals surface area (Å²) in [6.07, 6.45) is 9.35. The van der Waals surface area contributed by atoms with Crippen molar-refractivity contribution in [3.8, 4) is 6.07 Å². The van der Waals surface area contributed by atoms with Gasteiger partial charge in [0.1, 0.15) is 0 Å².